The fourth-order valence-electron chi connectivity index (χ4n) is 1.49. The van der Waals surface area contributed by atoms with E-state index in [1.807, 2.05) is 0 Å². The quantitative estimate of drug-likeness (QED) is 0.406. The summed E-state index contributed by atoms with van der Waals surface area (Å²) in [7, 11) is 0. The van der Waals surface area contributed by atoms with Gasteiger partial charge >= 0.3 is 19.5 Å². The Hall–Kier alpha value is -2.51. The van der Waals surface area contributed by atoms with Crippen molar-refractivity contribution in [1.29, 1.82) is 0 Å². The van der Waals surface area contributed by atoms with Gasteiger partial charge in [0.15, 0.2) is 0 Å². The van der Waals surface area contributed by atoms with Crippen molar-refractivity contribution in [3.05, 3.63) is 54.1 Å². The molecular weight excluding hydrogens is 368 g/mol. The number of nitrogens with zero attached hydrogens (tertiary/aromatic N) is 1. The zero-order valence-corrected chi connectivity index (χ0v) is 15.7. The number of aromatic nitrogens is 2. The van der Waals surface area contributed by atoms with Gasteiger partial charge in [0, 0.05) is 12.2 Å². The minimum atomic E-state index is -1.27. The van der Waals surface area contributed by atoms with Crippen molar-refractivity contribution in [2.45, 2.75) is 12.5 Å². The molecule has 0 aliphatic carbocycles. The number of nitrogens with two attached hydrogens (primary N) is 1. The number of carboxylic acid groups (broad SMARTS) is 2. The van der Waals surface area contributed by atoms with Crippen LogP contribution in [0, 0.1) is 0 Å². The zero-order chi connectivity index (χ0) is 17.2. The van der Waals surface area contributed by atoms with Gasteiger partial charge in [-0.3, -0.25) is 0 Å². The maximum Gasteiger partial charge on any atom is 2.00 e. The molecule has 0 fully saturated rings. The molecule has 8 nitrogen and oxygen atoms in total. The van der Waals surface area contributed by atoms with Crippen molar-refractivity contribution in [3.63, 3.8) is 0 Å². The van der Waals surface area contributed by atoms with Gasteiger partial charge in [0.2, 0.25) is 0 Å². The molecule has 4 N–H and O–H groups in total. The predicted octanol–water partition coefficient (Wildman–Crippen LogP) is -1.82. The Labute approximate surface area is 150 Å². The van der Waals surface area contributed by atoms with Crippen LogP contribution in [0.1, 0.15) is 11.3 Å². The van der Waals surface area contributed by atoms with Crippen molar-refractivity contribution in [2.24, 2.45) is 5.73 Å². The van der Waals surface area contributed by atoms with Gasteiger partial charge in [-0.1, -0.05) is 12.1 Å². The third kappa shape index (κ3) is 8.82. The molecule has 1 atom stereocenters. The van der Waals surface area contributed by atoms with Crippen LogP contribution in [-0.4, -0.2) is 33.1 Å². The molecule has 0 unspecified atom stereocenters. The van der Waals surface area contributed by atoms with E-state index in [4.69, 9.17) is 10.8 Å². The molecule has 0 saturated carbocycles. The van der Waals surface area contributed by atoms with Crippen LogP contribution in [0.15, 0.2) is 42.9 Å². The number of phenols is 1. The predicted molar refractivity (Wildman–Crippen MR) is 77.4 cm³/mol. The topological polar surface area (TPSA) is 155 Å². The van der Waals surface area contributed by atoms with Gasteiger partial charge in [-0.05, 0) is 36.3 Å². The van der Waals surface area contributed by atoms with Gasteiger partial charge in [0.05, 0.1) is 24.0 Å². The van der Waals surface area contributed by atoms with Crippen molar-refractivity contribution >= 4 is 18.0 Å². The SMILES string of the molecule is N[C@@H](Cc1ccc(O)cc1)C(=O)[O-].O=C([O-])C=Cc1c[nH]cn1.[Zn+2]. The van der Waals surface area contributed by atoms with Crippen LogP contribution in [0.3, 0.4) is 0 Å². The van der Waals surface area contributed by atoms with E-state index in [9.17, 15) is 19.8 Å². The largest absolute Gasteiger partial charge is 2.00 e. The summed E-state index contributed by atoms with van der Waals surface area (Å²) < 4.78 is 0. The molecule has 0 radical (unpaired) electrons. The van der Waals surface area contributed by atoms with Gasteiger partial charge in [0.1, 0.15) is 5.75 Å². The molecule has 2 aromatic rings. The molecular formula is C15H15N3O5Zn. The average molecular weight is 383 g/mol. The number of imidazole rings is 1. The number of nitrogens with one attached hydrogen (secondary N) is 1. The number of aromatic amines is 1. The Bertz CT molecular complexity index is 656. The van der Waals surface area contributed by atoms with Gasteiger partial charge in [-0.2, -0.15) is 0 Å². The number of hydrogen-bond acceptors (Lipinski definition) is 7. The summed E-state index contributed by atoms with van der Waals surface area (Å²) in [5.74, 6) is -2.35. The van der Waals surface area contributed by atoms with Gasteiger partial charge in [0.25, 0.3) is 0 Å². The minimum Gasteiger partial charge on any atom is -0.548 e. The molecule has 0 spiro atoms. The first-order chi connectivity index (χ1) is 10.9. The Morgan fingerprint density at radius 2 is 1.92 bits per heavy atom. The van der Waals surface area contributed by atoms with E-state index in [0.29, 0.717) is 5.69 Å². The van der Waals surface area contributed by atoms with E-state index in [2.05, 4.69) is 9.97 Å². The van der Waals surface area contributed by atoms with E-state index < -0.39 is 18.0 Å². The molecule has 9 heteroatoms. The van der Waals surface area contributed by atoms with Gasteiger partial charge < -0.3 is 35.6 Å². The van der Waals surface area contributed by atoms with Crippen LogP contribution in [0.4, 0.5) is 0 Å². The maximum atomic E-state index is 10.3. The van der Waals surface area contributed by atoms with Crippen LogP contribution in [0.5, 0.6) is 5.75 Å². The van der Waals surface area contributed by atoms with E-state index in [0.717, 1.165) is 11.6 Å². The third-order valence-electron chi connectivity index (χ3n) is 2.60. The summed E-state index contributed by atoms with van der Waals surface area (Å²) in [4.78, 5) is 26.6. The number of hydrogen-bond donors (Lipinski definition) is 3. The van der Waals surface area contributed by atoms with Crippen LogP contribution in [0.25, 0.3) is 6.08 Å². The molecule has 1 aromatic heterocycles. The number of carbonyl (C=O) groups excluding carboxylic acids is 2. The van der Waals surface area contributed by atoms with E-state index in [1.165, 1.54) is 24.5 Å². The first kappa shape index (κ1) is 21.5. The first-order valence-electron chi connectivity index (χ1n) is 6.50. The normalized spacial score (nSPS) is 11.0. The van der Waals surface area contributed by atoms with E-state index >= 15 is 0 Å². The Balaban J connectivity index is 0.000000436. The molecule has 0 amide bonds. The van der Waals surface area contributed by atoms with Crippen molar-refractivity contribution < 1.29 is 44.4 Å². The summed E-state index contributed by atoms with van der Waals surface area (Å²) in [5, 5.41) is 29.1. The fourth-order valence-corrected chi connectivity index (χ4v) is 1.49. The fraction of sp³-hybridized carbons (Fsp3) is 0.133. The second-order valence-electron chi connectivity index (χ2n) is 4.44. The second-order valence-corrected chi connectivity index (χ2v) is 4.44. The molecule has 0 aliphatic rings. The standard InChI is InChI=1S/C9H11NO3.C6H6N2O2.Zn/c10-8(9(12)13)5-6-1-3-7(11)4-2-6;9-6(10)2-1-5-3-7-4-8-5;/h1-4,8,11H,5,10H2,(H,12,13);1-4H,(H,7,8)(H,9,10);/q;;+2/p-2/t8-;;/m0../s1. The maximum absolute atomic E-state index is 10.3. The Kier molecular flexibility index (Phi) is 9.94. The summed E-state index contributed by atoms with van der Waals surface area (Å²) in [5.41, 5.74) is 6.59. The van der Waals surface area contributed by atoms with Crippen LogP contribution < -0.4 is 15.9 Å². The molecule has 1 aromatic carbocycles. The number of carbonyl (C=O) groups is 2. The van der Waals surface area contributed by atoms with E-state index in [1.54, 1.807) is 18.3 Å². The number of rotatable bonds is 5. The monoisotopic (exact) mass is 381 g/mol. The smallest absolute Gasteiger partial charge is 0.548 e. The first-order valence-corrected chi connectivity index (χ1v) is 6.50. The average Bonchev–Trinajstić information content (AvgIpc) is 3.01. The molecule has 0 bridgehead atoms. The van der Waals surface area contributed by atoms with Crippen molar-refractivity contribution in [1.82, 2.24) is 9.97 Å². The number of H-pyrrole nitrogens is 1. The molecule has 2 rings (SSSR count). The molecule has 24 heavy (non-hydrogen) atoms. The van der Waals surface area contributed by atoms with Crippen LogP contribution >= 0.6 is 0 Å². The molecule has 0 saturated heterocycles. The summed E-state index contributed by atoms with van der Waals surface area (Å²) in [6, 6.07) is 5.22. The van der Waals surface area contributed by atoms with Gasteiger partial charge in [-0.15, -0.1) is 0 Å². The van der Waals surface area contributed by atoms with Crippen LogP contribution in [0.2, 0.25) is 0 Å². The summed E-state index contributed by atoms with van der Waals surface area (Å²) in [6.45, 7) is 0. The molecule has 0 aliphatic heterocycles. The Morgan fingerprint density at radius 3 is 2.38 bits per heavy atom. The number of carboxylic acids is 2. The van der Waals surface area contributed by atoms with Crippen molar-refractivity contribution in [3.8, 4) is 5.75 Å². The summed E-state index contributed by atoms with van der Waals surface area (Å²) >= 11 is 0. The van der Waals surface area contributed by atoms with Gasteiger partial charge in [-0.25, -0.2) is 4.98 Å². The zero-order valence-electron chi connectivity index (χ0n) is 12.7. The molecule has 122 valence electrons. The number of aliphatic carboxylic acids is 2. The number of aromatic hydroxyl groups is 1. The summed E-state index contributed by atoms with van der Waals surface area (Å²) in [6.07, 6.45) is 5.54. The second kappa shape index (κ2) is 11.1. The van der Waals surface area contributed by atoms with Crippen LogP contribution in [-0.2, 0) is 35.5 Å². The minimum absolute atomic E-state index is 0. The third-order valence-corrected chi connectivity index (χ3v) is 2.60. The number of benzene rings is 1. The Morgan fingerprint density at radius 1 is 1.29 bits per heavy atom. The van der Waals surface area contributed by atoms with E-state index in [-0.39, 0.29) is 31.6 Å². The van der Waals surface area contributed by atoms with Crippen molar-refractivity contribution in [2.75, 3.05) is 0 Å². The molecule has 1 heterocycles. The number of phenolic OH excluding ortho intramolecular Hbond substituents is 1.